The van der Waals surface area contributed by atoms with Crippen molar-refractivity contribution in [3.05, 3.63) is 17.0 Å². The molecule has 6 nitrogen and oxygen atoms in total. The van der Waals surface area contributed by atoms with Crippen LogP contribution in [-0.4, -0.2) is 22.1 Å². The van der Waals surface area contributed by atoms with Gasteiger partial charge in [-0.25, -0.2) is 0 Å². The molecule has 1 aliphatic carbocycles. The van der Waals surface area contributed by atoms with E-state index in [4.69, 9.17) is 9.63 Å². The van der Waals surface area contributed by atoms with E-state index in [1.807, 2.05) is 20.8 Å². The fourth-order valence-corrected chi connectivity index (χ4v) is 3.16. The minimum Gasteiger partial charge on any atom is -0.481 e. The predicted octanol–water partition coefficient (Wildman–Crippen LogP) is 2.36. The molecular weight excluding hydrogens is 272 g/mol. The number of carbonyl (C=O) groups is 2. The molecule has 0 radical (unpaired) electrons. The van der Waals surface area contributed by atoms with E-state index in [0.29, 0.717) is 18.6 Å². The summed E-state index contributed by atoms with van der Waals surface area (Å²) in [6, 6.07) is -0.186. The van der Waals surface area contributed by atoms with Crippen molar-refractivity contribution in [3.8, 4) is 0 Å². The molecule has 3 atom stereocenters. The Balaban J connectivity index is 1.99. The first kappa shape index (κ1) is 15.5. The van der Waals surface area contributed by atoms with Crippen LogP contribution in [0.5, 0.6) is 0 Å². The average Bonchev–Trinajstić information content (AvgIpc) is 2.78. The van der Waals surface area contributed by atoms with Crippen LogP contribution in [0.2, 0.25) is 0 Å². The number of carboxylic acid groups (broad SMARTS) is 1. The average molecular weight is 294 g/mol. The van der Waals surface area contributed by atoms with Crippen LogP contribution in [0.1, 0.15) is 55.7 Å². The summed E-state index contributed by atoms with van der Waals surface area (Å²) >= 11 is 0. The summed E-state index contributed by atoms with van der Waals surface area (Å²) in [4.78, 5) is 23.4. The Morgan fingerprint density at radius 3 is 2.57 bits per heavy atom. The van der Waals surface area contributed by atoms with E-state index < -0.39 is 11.9 Å². The number of amides is 1. The first-order valence-corrected chi connectivity index (χ1v) is 7.36. The van der Waals surface area contributed by atoms with Crippen molar-refractivity contribution < 1.29 is 19.2 Å². The van der Waals surface area contributed by atoms with Gasteiger partial charge in [-0.1, -0.05) is 11.6 Å². The highest BCUT2D eigenvalue weighted by molar-refractivity contribution is 5.80. The van der Waals surface area contributed by atoms with E-state index in [9.17, 15) is 9.59 Å². The molecule has 116 valence electrons. The highest BCUT2D eigenvalue weighted by Gasteiger charge is 2.32. The fourth-order valence-electron chi connectivity index (χ4n) is 3.16. The van der Waals surface area contributed by atoms with Gasteiger partial charge in [-0.05, 0) is 40.0 Å². The molecule has 0 aliphatic heterocycles. The molecule has 1 fully saturated rings. The maximum atomic E-state index is 12.3. The first-order valence-electron chi connectivity index (χ1n) is 7.36. The topological polar surface area (TPSA) is 92.4 Å². The molecule has 0 aromatic carbocycles. The van der Waals surface area contributed by atoms with Crippen molar-refractivity contribution in [1.29, 1.82) is 0 Å². The van der Waals surface area contributed by atoms with Crippen LogP contribution in [-0.2, 0) is 9.59 Å². The van der Waals surface area contributed by atoms with E-state index in [0.717, 1.165) is 24.1 Å². The third-order valence-electron chi connectivity index (χ3n) is 4.27. The molecule has 21 heavy (non-hydrogen) atoms. The third-order valence-corrected chi connectivity index (χ3v) is 4.27. The van der Waals surface area contributed by atoms with Gasteiger partial charge in [0.2, 0.25) is 5.91 Å². The van der Waals surface area contributed by atoms with Crippen molar-refractivity contribution in [2.45, 2.75) is 52.5 Å². The van der Waals surface area contributed by atoms with Crippen molar-refractivity contribution in [2.24, 2.45) is 11.8 Å². The van der Waals surface area contributed by atoms with Gasteiger partial charge in [0.1, 0.15) is 5.76 Å². The summed E-state index contributed by atoms with van der Waals surface area (Å²) in [5.74, 6) is -0.793. The lowest BCUT2D eigenvalue weighted by Gasteiger charge is -2.27. The number of aryl methyl sites for hydroxylation is 2. The van der Waals surface area contributed by atoms with Crippen molar-refractivity contribution in [3.63, 3.8) is 0 Å². The first-order chi connectivity index (χ1) is 9.90. The van der Waals surface area contributed by atoms with Gasteiger partial charge in [-0.3, -0.25) is 9.59 Å². The van der Waals surface area contributed by atoms with Crippen LogP contribution >= 0.6 is 0 Å². The standard InChI is InChI=1S/C15H22N2O4/c1-8(13-9(2)17-21-10(13)3)16-14(18)11-5-4-6-12(7-11)15(19)20/h8,11-12H,4-7H2,1-3H3,(H,16,18)(H,19,20)/t8-,11-,12-/m0/s1. The number of hydrogen-bond donors (Lipinski definition) is 2. The van der Waals surface area contributed by atoms with E-state index in [2.05, 4.69) is 10.5 Å². The van der Waals surface area contributed by atoms with Gasteiger partial charge < -0.3 is 14.9 Å². The Kier molecular flexibility index (Phi) is 4.65. The normalized spacial score (nSPS) is 23.6. The Labute approximate surface area is 123 Å². The number of hydrogen-bond acceptors (Lipinski definition) is 4. The third kappa shape index (κ3) is 3.43. The lowest BCUT2D eigenvalue weighted by atomic mass is 9.81. The van der Waals surface area contributed by atoms with Crippen LogP contribution in [0.4, 0.5) is 0 Å². The Bertz CT molecular complexity index is 518. The summed E-state index contributed by atoms with van der Waals surface area (Å²) < 4.78 is 5.11. The largest absolute Gasteiger partial charge is 0.481 e. The number of rotatable bonds is 4. The van der Waals surface area contributed by atoms with Crippen molar-refractivity contribution >= 4 is 11.9 Å². The summed E-state index contributed by atoms with van der Waals surface area (Å²) in [6.07, 6.45) is 2.63. The molecule has 1 heterocycles. The second-order valence-electron chi connectivity index (χ2n) is 5.87. The molecular formula is C15H22N2O4. The molecule has 2 N–H and O–H groups in total. The minimum absolute atomic E-state index is 0.0755. The molecule has 2 rings (SSSR count). The second-order valence-corrected chi connectivity index (χ2v) is 5.87. The van der Waals surface area contributed by atoms with Crippen LogP contribution in [0.15, 0.2) is 4.52 Å². The van der Waals surface area contributed by atoms with E-state index >= 15 is 0 Å². The van der Waals surface area contributed by atoms with Gasteiger partial charge >= 0.3 is 5.97 Å². The zero-order valence-corrected chi connectivity index (χ0v) is 12.7. The maximum absolute atomic E-state index is 12.3. The molecule has 0 bridgehead atoms. The molecule has 1 saturated carbocycles. The quantitative estimate of drug-likeness (QED) is 0.889. The number of carbonyl (C=O) groups excluding carboxylic acids is 1. The number of aromatic nitrogens is 1. The second kappa shape index (κ2) is 6.28. The summed E-state index contributed by atoms with van der Waals surface area (Å²) in [5.41, 5.74) is 1.67. The van der Waals surface area contributed by atoms with Gasteiger partial charge in [0, 0.05) is 11.5 Å². The molecule has 1 aromatic rings. The van der Waals surface area contributed by atoms with Gasteiger partial charge in [0.05, 0.1) is 17.7 Å². The molecule has 6 heteroatoms. The molecule has 1 aromatic heterocycles. The van der Waals surface area contributed by atoms with Crippen LogP contribution < -0.4 is 5.32 Å². The SMILES string of the molecule is Cc1noc(C)c1[C@H](C)NC(=O)[C@H]1CCC[C@H](C(=O)O)C1. The van der Waals surface area contributed by atoms with E-state index in [-0.39, 0.29) is 17.9 Å². The number of nitrogens with zero attached hydrogens (tertiary/aromatic N) is 1. The van der Waals surface area contributed by atoms with Crippen LogP contribution in [0, 0.1) is 25.7 Å². The highest BCUT2D eigenvalue weighted by Crippen LogP contribution is 2.30. The monoisotopic (exact) mass is 294 g/mol. The lowest BCUT2D eigenvalue weighted by Crippen LogP contribution is -2.36. The maximum Gasteiger partial charge on any atom is 0.306 e. The van der Waals surface area contributed by atoms with Gasteiger partial charge in [0.25, 0.3) is 0 Å². The molecule has 0 saturated heterocycles. The highest BCUT2D eigenvalue weighted by atomic mass is 16.5. The van der Waals surface area contributed by atoms with Gasteiger partial charge in [-0.15, -0.1) is 0 Å². The minimum atomic E-state index is -0.800. The van der Waals surface area contributed by atoms with E-state index in [1.165, 1.54) is 0 Å². The van der Waals surface area contributed by atoms with Crippen LogP contribution in [0.25, 0.3) is 0 Å². The van der Waals surface area contributed by atoms with E-state index in [1.54, 1.807) is 0 Å². The van der Waals surface area contributed by atoms with Crippen molar-refractivity contribution in [2.75, 3.05) is 0 Å². The Hall–Kier alpha value is -1.85. The summed E-state index contributed by atoms with van der Waals surface area (Å²) in [5, 5.41) is 15.9. The zero-order chi connectivity index (χ0) is 15.6. The Morgan fingerprint density at radius 1 is 1.33 bits per heavy atom. The molecule has 1 aliphatic rings. The fraction of sp³-hybridized carbons (Fsp3) is 0.667. The summed E-state index contributed by atoms with van der Waals surface area (Å²) in [6.45, 7) is 5.55. The number of aliphatic carboxylic acids is 1. The van der Waals surface area contributed by atoms with Gasteiger partial charge in [-0.2, -0.15) is 0 Å². The smallest absolute Gasteiger partial charge is 0.306 e. The van der Waals surface area contributed by atoms with Crippen LogP contribution in [0.3, 0.4) is 0 Å². The molecule has 1 amide bonds. The number of nitrogens with one attached hydrogen (secondary N) is 1. The molecule has 0 spiro atoms. The predicted molar refractivity (Wildman–Crippen MR) is 75.6 cm³/mol. The lowest BCUT2D eigenvalue weighted by molar-refractivity contribution is -0.144. The molecule has 0 unspecified atom stereocenters. The van der Waals surface area contributed by atoms with Crippen molar-refractivity contribution in [1.82, 2.24) is 10.5 Å². The summed E-state index contributed by atoms with van der Waals surface area (Å²) in [7, 11) is 0. The number of carboxylic acids is 1. The zero-order valence-electron chi connectivity index (χ0n) is 12.7. The Morgan fingerprint density at radius 2 is 2.00 bits per heavy atom. The van der Waals surface area contributed by atoms with Gasteiger partial charge in [0.15, 0.2) is 0 Å².